The molecule has 0 radical (unpaired) electrons. The predicted octanol–water partition coefficient (Wildman–Crippen LogP) is 2.65. The average Bonchev–Trinajstić information content (AvgIpc) is 3.02. The Balaban J connectivity index is 2.06. The molecule has 0 aromatic carbocycles. The molecule has 0 N–H and O–H groups in total. The third-order valence-corrected chi connectivity index (χ3v) is 3.17. The lowest BCUT2D eigenvalue weighted by atomic mass is 10.2. The van der Waals surface area contributed by atoms with Crippen LogP contribution in [0.15, 0.2) is 16.7 Å². The Labute approximate surface area is 101 Å². The van der Waals surface area contributed by atoms with Gasteiger partial charge in [-0.2, -0.15) is 0 Å². The Morgan fingerprint density at radius 2 is 2.50 bits per heavy atom. The third-order valence-electron chi connectivity index (χ3n) is 2.59. The lowest BCUT2D eigenvalue weighted by molar-refractivity contribution is -0.144. The van der Waals surface area contributed by atoms with E-state index in [1.165, 1.54) is 12.3 Å². The van der Waals surface area contributed by atoms with E-state index in [-0.39, 0.29) is 23.6 Å². The van der Waals surface area contributed by atoms with Gasteiger partial charge in [-0.1, -0.05) is 0 Å². The summed E-state index contributed by atoms with van der Waals surface area (Å²) in [6.07, 6.45) is 2.12. The van der Waals surface area contributed by atoms with Crippen molar-refractivity contribution in [2.24, 2.45) is 5.92 Å². The molecule has 2 unspecified atom stereocenters. The molecule has 86 valence electrons. The number of esters is 1. The molecule has 1 saturated carbocycles. The Kier molecular flexibility index (Phi) is 3.23. The highest BCUT2D eigenvalue weighted by molar-refractivity contribution is 9.10. The minimum atomic E-state index is -0.348. The van der Waals surface area contributed by atoms with Crippen LogP contribution in [0, 0.1) is 11.7 Å². The van der Waals surface area contributed by atoms with E-state index in [2.05, 4.69) is 20.9 Å². The number of ether oxygens (including phenoxy) is 1. The summed E-state index contributed by atoms with van der Waals surface area (Å²) in [5, 5.41) is 0. The normalized spacial score (nSPS) is 22.9. The molecule has 1 heterocycles. The van der Waals surface area contributed by atoms with Gasteiger partial charge in [-0.25, -0.2) is 4.39 Å². The molecule has 16 heavy (non-hydrogen) atoms. The minimum Gasteiger partial charge on any atom is -0.466 e. The topological polar surface area (TPSA) is 39.2 Å². The van der Waals surface area contributed by atoms with Gasteiger partial charge in [-0.15, -0.1) is 0 Å². The number of aromatic nitrogens is 1. The van der Waals surface area contributed by atoms with E-state index in [1.54, 1.807) is 6.92 Å². The van der Waals surface area contributed by atoms with Crippen molar-refractivity contribution in [1.82, 2.24) is 4.98 Å². The van der Waals surface area contributed by atoms with Gasteiger partial charge in [0.15, 0.2) is 0 Å². The van der Waals surface area contributed by atoms with E-state index in [1.807, 2.05) is 0 Å². The van der Waals surface area contributed by atoms with Crippen LogP contribution >= 0.6 is 15.9 Å². The summed E-state index contributed by atoms with van der Waals surface area (Å²) in [6.45, 7) is 2.15. The monoisotopic (exact) mass is 287 g/mol. The van der Waals surface area contributed by atoms with Crippen LogP contribution in [0.25, 0.3) is 0 Å². The van der Waals surface area contributed by atoms with Crippen LogP contribution < -0.4 is 0 Å². The SMILES string of the molecule is CCOC(=O)C1CC1c1cc(F)c(Br)cn1. The number of carbonyl (C=O) groups excluding carboxylic acids is 1. The largest absolute Gasteiger partial charge is 0.466 e. The standard InChI is InChI=1S/C11H11BrFNO2/c1-2-16-11(15)7-3-6(7)10-4-9(13)8(12)5-14-10/h4-7H,2-3H2,1H3. The Morgan fingerprint density at radius 3 is 3.12 bits per heavy atom. The Morgan fingerprint density at radius 1 is 1.75 bits per heavy atom. The second kappa shape index (κ2) is 4.49. The third kappa shape index (κ3) is 2.24. The first-order valence-corrected chi connectivity index (χ1v) is 5.90. The molecule has 0 aliphatic heterocycles. The van der Waals surface area contributed by atoms with Gasteiger partial charge in [-0.05, 0) is 35.3 Å². The maximum atomic E-state index is 13.2. The molecule has 2 rings (SSSR count). The quantitative estimate of drug-likeness (QED) is 0.803. The Hall–Kier alpha value is -0.970. The van der Waals surface area contributed by atoms with Crippen LogP contribution in [0.5, 0.6) is 0 Å². The van der Waals surface area contributed by atoms with Crippen molar-refractivity contribution in [3.63, 3.8) is 0 Å². The fraction of sp³-hybridized carbons (Fsp3) is 0.455. The zero-order valence-corrected chi connectivity index (χ0v) is 10.3. The summed E-state index contributed by atoms with van der Waals surface area (Å²) in [4.78, 5) is 15.5. The molecule has 0 amide bonds. The van der Waals surface area contributed by atoms with E-state index in [0.717, 1.165) is 0 Å². The number of carbonyl (C=O) groups is 1. The first kappa shape index (κ1) is 11.5. The summed E-state index contributed by atoms with van der Waals surface area (Å²) in [6, 6.07) is 1.37. The summed E-state index contributed by atoms with van der Waals surface area (Å²) in [5.41, 5.74) is 0.624. The number of hydrogen-bond acceptors (Lipinski definition) is 3. The summed E-state index contributed by atoms with van der Waals surface area (Å²) in [5.74, 6) is -0.688. The van der Waals surface area contributed by atoms with Crippen LogP contribution in [-0.2, 0) is 9.53 Å². The van der Waals surface area contributed by atoms with Gasteiger partial charge in [0.1, 0.15) is 5.82 Å². The lowest BCUT2D eigenvalue weighted by Crippen LogP contribution is -2.07. The molecular weight excluding hydrogens is 277 g/mol. The van der Waals surface area contributed by atoms with E-state index >= 15 is 0 Å². The van der Waals surface area contributed by atoms with Gasteiger partial charge in [0, 0.05) is 17.8 Å². The summed E-state index contributed by atoms with van der Waals surface area (Å²) >= 11 is 3.04. The zero-order valence-electron chi connectivity index (χ0n) is 8.74. The molecule has 3 nitrogen and oxygen atoms in total. The van der Waals surface area contributed by atoms with Gasteiger partial charge in [-0.3, -0.25) is 9.78 Å². The fourth-order valence-corrected chi connectivity index (χ4v) is 1.88. The maximum Gasteiger partial charge on any atom is 0.309 e. The number of hydrogen-bond donors (Lipinski definition) is 0. The van der Waals surface area contributed by atoms with Crippen LogP contribution in [0.3, 0.4) is 0 Å². The van der Waals surface area contributed by atoms with Gasteiger partial charge in [0.2, 0.25) is 0 Å². The number of halogens is 2. The smallest absolute Gasteiger partial charge is 0.309 e. The van der Waals surface area contributed by atoms with Crippen LogP contribution in [0.2, 0.25) is 0 Å². The first-order chi connectivity index (χ1) is 7.63. The van der Waals surface area contributed by atoms with Crippen molar-refractivity contribution in [1.29, 1.82) is 0 Å². The van der Waals surface area contributed by atoms with Gasteiger partial charge >= 0.3 is 5.97 Å². The number of nitrogens with zero attached hydrogens (tertiary/aromatic N) is 1. The second-order valence-electron chi connectivity index (χ2n) is 3.72. The first-order valence-electron chi connectivity index (χ1n) is 5.11. The highest BCUT2D eigenvalue weighted by Gasteiger charge is 2.46. The predicted molar refractivity (Wildman–Crippen MR) is 59.4 cm³/mol. The van der Waals surface area contributed by atoms with Gasteiger partial charge in [0.05, 0.1) is 17.0 Å². The van der Waals surface area contributed by atoms with Crippen LogP contribution in [0.4, 0.5) is 4.39 Å². The van der Waals surface area contributed by atoms with Crippen molar-refractivity contribution < 1.29 is 13.9 Å². The maximum absolute atomic E-state index is 13.2. The van der Waals surface area contributed by atoms with Crippen molar-refractivity contribution in [3.05, 3.63) is 28.2 Å². The van der Waals surface area contributed by atoms with Crippen molar-refractivity contribution >= 4 is 21.9 Å². The summed E-state index contributed by atoms with van der Waals surface area (Å²) in [7, 11) is 0. The average molecular weight is 288 g/mol. The molecule has 1 aliphatic rings. The molecule has 0 bridgehead atoms. The van der Waals surface area contributed by atoms with E-state index in [4.69, 9.17) is 4.74 Å². The van der Waals surface area contributed by atoms with E-state index < -0.39 is 0 Å². The number of pyridine rings is 1. The second-order valence-corrected chi connectivity index (χ2v) is 4.58. The van der Waals surface area contributed by atoms with Crippen LogP contribution in [0.1, 0.15) is 25.0 Å². The Bertz CT molecular complexity index is 424. The van der Waals surface area contributed by atoms with Crippen LogP contribution in [-0.4, -0.2) is 17.6 Å². The van der Waals surface area contributed by atoms with Gasteiger partial charge in [0.25, 0.3) is 0 Å². The van der Waals surface area contributed by atoms with E-state index in [9.17, 15) is 9.18 Å². The highest BCUT2D eigenvalue weighted by atomic mass is 79.9. The van der Waals surface area contributed by atoms with Crippen molar-refractivity contribution in [2.45, 2.75) is 19.3 Å². The molecule has 2 atom stereocenters. The fourth-order valence-electron chi connectivity index (χ4n) is 1.66. The van der Waals surface area contributed by atoms with Crippen molar-refractivity contribution in [2.75, 3.05) is 6.61 Å². The zero-order chi connectivity index (χ0) is 11.7. The molecular formula is C11H11BrFNO2. The molecule has 0 spiro atoms. The molecule has 1 aromatic rings. The summed E-state index contributed by atoms with van der Waals surface area (Å²) < 4.78 is 18.5. The van der Waals surface area contributed by atoms with Gasteiger partial charge < -0.3 is 4.74 Å². The number of rotatable bonds is 3. The lowest BCUT2D eigenvalue weighted by Gasteiger charge is -2.01. The molecule has 5 heteroatoms. The minimum absolute atomic E-state index is 0.0154. The van der Waals surface area contributed by atoms with Crippen molar-refractivity contribution in [3.8, 4) is 0 Å². The molecule has 1 aliphatic carbocycles. The molecule has 1 aromatic heterocycles. The highest BCUT2D eigenvalue weighted by Crippen LogP contribution is 2.47. The van der Waals surface area contributed by atoms with E-state index in [0.29, 0.717) is 23.2 Å². The molecule has 0 saturated heterocycles. The molecule has 1 fully saturated rings.